The van der Waals surface area contributed by atoms with Gasteiger partial charge in [-0.05, 0) is 31.2 Å². The molecule has 1 fully saturated rings. The minimum Gasteiger partial charge on any atom is -0.389 e. The zero-order valence-corrected chi connectivity index (χ0v) is 12.2. The van der Waals surface area contributed by atoms with Crippen LogP contribution < -0.4 is 5.32 Å². The van der Waals surface area contributed by atoms with Crippen LogP contribution in [0.5, 0.6) is 0 Å². The molecule has 3 atom stereocenters. The van der Waals surface area contributed by atoms with E-state index in [-0.39, 0.29) is 6.04 Å². The smallest absolute Gasteiger partial charge is 0.0897 e. The van der Waals surface area contributed by atoms with Gasteiger partial charge in [-0.3, -0.25) is 0 Å². The molecule has 3 unspecified atom stereocenters. The van der Waals surface area contributed by atoms with Crippen molar-refractivity contribution in [1.29, 1.82) is 0 Å². The number of aliphatic hydroxyl groups is 1. The molecule has 19 heavy (non-hydrogen) atoms. The standard InChI is InChI=1S/C14H23NO3S/c1-11(14-5-2-6-18-14)15-8-12(16)9-17-10-13-4-3-7-19-13/h3-4,7,11-12,14-16H,2,5-6,8-10H2,1H3. The summed E-state index contributed by atoms with van der Waals surface area (Å²) in [6, 6.07) is 4.33. The quantitative estimate of drug-likeness (QED) is 0.764. The van der Waals surface area contributed by atoms with E-state index in [4.69, 9.17) is 9.47 Å². The van der Waals surface area contributed by atoms with E-state index in [1.54, 1.807) is 11.3 Å². The molecule has 5 heteroatoms. The number of thiophene rings is 1. The molecule has 1 aromatic rings. The molecule has 2 rings (SSSR count). The van der Waals surface area contributed by atoms with Gasteiger partial charge in [0.15, 0.2) is 0 Å². The molecular weight excluding hydrogens is 262 g/mol. The second-order valence-electron chi connectivity index (χ2n) is 5.00. The van der Waals surface area contributed by atoms with Gasteiger partial charge >= 0.3 is 0 Å². The van der Waals surface area contributed by atoms with Crippen LogP contribution in [0.15, 0.2) is 17.5 Å². The molecule has 0 saturated carbocycles. The number of nitrogens with one attached hydrogen (secondary N) is 1. The number of ether oxygens (including phenoxy) is 2. The van der Waals surface area contributed by atoms with Gasteiger partial charge in [-0.15, -0.1) is 11.3 Å². The topological polar surface area (TPSA) is 50.7 Å². The molecule has 1 aliphatic heterocycles. The first-order valence-electron chi connectivity index (χ1n) is 6.89. The first-order chi connectivity index (χ1) is 9.25. The van der Waals surface area contributed by atoms with E-state index in [2.05, 4.69) is 12.2 Å². The van der Waals surface area contributed by atoms with Crippen LogP contribution in [0.4, 0.5) is 0 Å². The molecule has 1 saturated heterocycles. The molecule has 4 nitrogen and oxygen atoms in total. The van der Waals surface area contributed by atoms with Crippen LogP contribution in [0.25, 0.3) is 0 Å². The maximum atomic E-state index is 9.84. The Morgan fingerprint density at radius 2 is 2.53 bits per heavy atom. The van der Waals surface area contributed by atoms with Gasteiger partial charge in [-0.1, -0.05) is 6.07 Å². The highest BCUT2D eigenvalue weighted by Gasteiger charge is 2.22. The lowest BCUT2D eigenvalue weighted by Crippen LogP contribution is -2.42. The molecule has 0 aromatic carbocycles. The summed E-state index contributed by atoms with van der Waals surface area (Å²) in [5.41, 5.74) is 0. The Kier molecular flexibility index (Phi) is 6.26. The molecule has 1 aliphatic rings. The molecule has 0 amide bonds. The summed E-state index contributed by atoms with van der Waals surface area (Å²) < 4.78 is 11.1. The van der Waals surface area contributed by atoms with Crippen molar-refractivity contribution in [3.05, 3.63) is 22.4 Å². The van der Waals surface area contributed by atoms with E-state index >= 15 is 0 Å². The van der Waals surface area contributed by atoms with Gasteiger partial charge in [0.05, 0.1) is 25.4 Å². The van der Waals surface area contributed by atoms with Crippen LogP contribution in [0, 0.1) is 0 Å². The fourth-order valence-electron chi connectivity index (χ4n) is 2.20. The predicted octanol–water partition coefficient (Wildman–Crippen LogP) is 1.78. The van der Waals surface area contributed by atoms with Crippen molar-refractivity contribution < 1.29 is 14.6 Å². The number of aliphatic hydroxyl groups excluding tert-OH is 1. The Hall–Kier alpha value is -0.460. The highest BCUT2D eigenvalue weighted by molar-refractivity contribution is 7.09. The van der Waals surface area contributed by atoms with Crippen molar-refractivity contribution in [1.82, 2.24) is 5.32 Å². The molecule has 0 bridgehead atoms. The number of rotatable bonds is 8. The van der Waals surface area contributed by atoms with Gasteiger partial charge in [0.25, 0.3) is 0 Å². The maximum Gasteiger partial charge on any atom is 0.0897 e. The van der Waals surface area contributed by atoms with Crippen LogP contribution in [-0.4, -0.2) is 43.1 Å². The molecule has 0 aliphatic carbocycles. The van der Waals surface area contributed by atoms with E-state index in [0.29, 0.717) is 25.9 Å². The second kappa shape index (κ2) is 7.97. The maximum absolute atomic E-state index is 9.84. The third-order valence-electron chi connectivity index (χ3n) is 3.33. The number of hydrogen-bond donors (Lipinski definition) is 2. The molecular formula is C14H23NO3S. The molecule has 108 valence electrons. The Bertz CT molecular complexity index is 338. The van der Waals surface area contributed by atoms with E-state index in [1.807, 2.05) is 17.5 Å². The summed E-state index contributed by atoms with van der Waals surface area (Å²) in [6.45, 7) is 4.46. The van der Waals surface area contributed by atoms with Crippen molar-refractivity contribution >= 4 is 11.3 Å². The van der Waals surface area contributed by atoms with Gasteiger partial charge in [0.1, 0.15) is 0 Å². The summed E-state index contributed by atoms with van der Waals surface area (Å²) in [5.74, 6) is 0. The summed E-state index contributed by atoms with van der Waals surface area (Å²) in [6.07, 6.45) is 2.07. The first-order valence-corrected chi connectivity index (χ1v) is 7.77. The zero-order chi connectivity index (χ0) is 13.5. The van der Waals surface area contributed by atoms with Crippen LogP contribution in [0.3, 0.4) is 0 Å². The summed E-state index contributed by atoms with van der Waals surface area (Å²) in [5, 5.41) is 15.2. The largest absolute Gasteiger partial charge is 0.389 e. The third-order valence-corrected chi connectivity index (χ3v) is 4.18. The van der Waals surface area contributed by atoms with Crippen molar-refractivity contribution in [3.63, 3.8) is 0 Å². The van der Waals surface area contributed by atoms with Gasteiger partial charge < -0.3 is 19.9 Å². The summed E-state index contributed by atoms with van der Waals surface area (Å²) in [4.78, 5) is 1.19. The fourth-order valence-corrected chi connectivity index (χ4v) is 2.84. The number of hydrogen-bond acceptors (Lipinski definition) is 5. The second-order valence-corrected chi connectivity index (χ2v) is 6.03. The normalized spacial score (nSPS) is 22.5. The minimum atomic E-state index is -0.469. The Morgan fingerprint density at radius 3 is 3.21 bits per heavy atom. The average Bonchev–Trinajstić information content (AvgIpc) is 3.08. The Balaban J connectivity index is 1.55. The van der Waals surface area contributed by atoms with Crippen LogP contribution in [-0.2, 0) is 16.1 Å². The highest BCUT2D eigenvalue weighted by Crippen LogP contribution is 2.15. The third kappa shape index (κ3) is 5.20. The fraction of sp³-hybridized carbons (Fsp3) is 0.714. The van der Waals surface area contributed by atoms with Gasteiger partial charge in [0, 0.05) is 24.1 Å². The van der Waals surface area contributed by atoms with E-state index in [9.17, 15) is 5.11 Å². The Morgan fingerprint density at radius 1 is 1.63 bits per heavy atom. The molecule has 1 aromatic heterocycles. The van der Waals surface area contributed by atoms with Gasteiger partial charge in [-0.2, -0.15) is 0 Å². The average molecular weight is 285 g/mol. The first kappa shape index (κ1) is 14.9. The lowest BCUT2D eigenvalue weighted by atomic mass is 10.1. The summed E-state index contributed by atoms with van der Waals surface area (Å²) in [7, 11) is 0. The van der Waals surface area contributed by atoms with E-state index < -0.39 is 6.10 Å². The lowest BCUT2D eigenvalue weighted by Gasteiger charge is -2.21. The van der Waals surface area contributed by atoms with E-state index in [0.717, 1.165) is 19.4 Å². The van der Waals surface area contributed by atoms with Crippen molar-refractivity contribution in [2.24, 2.45) is 0 Å². The lowest BCUT2D eigenvalue weighted by molar-refractivity contribution is 0.0233. The van der Waals surface area contributed by atoms with Crippen LogP contribution >= 0.6 is 11.3 Å². The summed E-state index contributed by atoms with van der Waals surface area (Å²) >= 11 is 1.67. The molecule has 2 N–H and O–H groups in total. The van der Waals surface area contributed by atoms with Crippen molar-refractivity contribution in [2.75, 3.05) is 19.8 Å². The van der Waals surface area contributed by atoms with Gasteiger partial charge in [0.2, 0.25) is 0 Å². The zero-order valence-electron chi connectivity index (χ0n) is 11.4. The molecule has 0 spiro atoms. The highest BCUT2D eigenvalue weighted by atomic mass is 32.1. The van der Waals surface area contributed by atoms with E-state index in [1.165, 1.54) is 4.88 Å². The van der Waals surface area contributed by atoms with Crippen molar-refractivity contribution in [2.45, 2.75) is 44.6 Å². The minimum absolute atomic E-state index is 0.287. The molecule has 2 heterocycles. The van der Waals surface area contributed by atoms with Gasteiger partial charge in [-0.25, -0.2) is 0 Å². The van der Waals surface area contributed by atoms with Crippen LogP contribution in [0.2, 0.25) is 0 Å². The van der Waals surface area contributed by atoms with Crippen molar-refractivity contribution in [3.8, 4) is 0 Å². The predicted molar refractivity (Wildman–Crippen MR) is 76.4 cm³/mol. The molecule has 0 radical (unpaired) electrons. The SMILES string of the molecule is CC(NCC(O)COCc1cccs1)C1CCCO1. The van der Waals surface area contributed by atoms with Crippen LogP contribution in [0.1, 0.15) is 24.6 Å². The Labute approximate surface area is 118 Å². The monoisotopic (exact) mass is 285 g/mol.